The molecule has 0 saturated heterocycles. The Morgan fingerprint density at radius 3 is 2.61 bits per heavy atom. The number of rotatable bonds is 5. The van der Waals surface area contributed by atoms with Crippen molar-refractivity contribution in [2.45, 2.75) is 13.5 Å². The van der Waals surface area contributed by atoms with Crippen molar-refractivity contribution in [1.82, 2.24) is 14.8 Å². The van der Waals surface area contributed by atoms with Crippen LogP contribution >= 0.6 is 0 Å². The number of nitrogens with one attached hydrogen (secondary N) is 1. The number of para-hydroxylation sites is 1. The zero-order valence-corrected chi connectivity index (χ0v) is 16.7. The minimum absolute atomic E-state index is 0.0251. The molecule has 0 fully saturated rings. The van der Waals surface area contributed by atoms with Gasteiger partial charge in [0.15, 0.2) is 0 Å². The quantitative estimate of drug-likeness (QED) is 0.523. The molecule has 0 saturated carbocycles. The number of aryl methyl sites for hydroxylation is 1. The molecule has 2 heterocycles. The zero-order valence-electron chi connectivity index (χ0n) is 16.7. The van der Waals surface area contributed by atoms with Crippen molar-refractivity contribution < 1.29 is 9.59 Å². The Labute approximate surface area is 177 Å². The zero-order chi connectivity index (χ0) is 22.0. The lowest BCUT2D eigenvalue weighted by atomic mass is 10.1. The summed E-state index contributed by atoms with van der Waals surface area (Å²) in [4.78, 5) is 28.9. The maximum atomic E-state index is 13.0. The minimum atomic E-state index is -0.703. The largest absolute Gasteiger partial charge is 0.364 e. The van der Waals surface area contributed by atoms with Crippen LogP contribution in [-0.2, 0) is 6.54 Å². The van der Waals surface area contributed by atoms with Gasteiger partial charge in [-0.25, -0.2) is 4.98 Å². The van der Waals surface area contributed by atoms with Crippen LogP contribution in [-0.4, -0.2) is 26.6 Å². The normalized spacial score (nSPS) is 10.6. The van der Waals surface area contributed by atoms with Gasteiger partial charge in [0.2, 0.25) is 0 Å². The third-order valence-electron chi connectivity index (χ3n) is 4.84. The fraction of sp³-hybridized carbons (Fsp3) is 0.0870. The first kappa shape index (κ1) is 19.8. The summed E-state index contributed by atoms with van der Waals surface area (Å²) in [6.45, 7) is 2.29. The molecular formula is C23H18N6O2. The number of nitriles is 1. The molecule has 0 unspecified atom stereocenters. The number of hydrogen-bond acceptors (Lipinski definition) is 5. The minimum Gasteiger partial charge on any atom is -0.364 e. The van der Waals surface area contributed by atoms with E-state index in [4.69, 9.17) is 11.0 Å². The van der Waals surface area contributed by atoms with E-state index in [0.717, 1.165) is 5.56 Å². The fourth-order valence-electron chi connectivity index (χ4n) is 3.27. The van der Waals surface area contributed by atoms with Crippen LogP contribution in [0, 0.1) is 18.3 Å². The van der Waals surface area contributed by atoms with Crippen LogP contribution in [0.5, 0.6) is 0 Å². The number of pyridine rings is 1. The fourth-order valence-corrected chi connectivity index (χ4v) is 3.27. The second-order valence-corrected chi connectivity index (χ2v) is 7.03. The first-order valence-corrected chi connectivity index (χ1v) is 9.48. The molecule has 4 aromatic rings. The topological polar surface area (TPSA) is 127 Å². The van der Waals surface area contributed by atoms with Crippen LogP contribution in [0.25, 0.3) is 10.9 Å². The summed E-state index contributed by atoms with van der Waals surface area (Å²) in [5.74, 6) is -1.09. The second-order valence-electron chi connectivity index (χ2n) is 7.03. The summed E-state index contributed by atoms with van der Waals surface area (Å²) in [6, 6.07) is 17.8. The summed E-state index contributed by atoms with van der Waals surface area (Å²) < 4.78 is 1.71. The summed E-state index contributed by atoms with van der Waals surface area (Å²) >= 11 is 0. The first-order valence-electron chi connectivity index (χ1n) is 9.48. The number of nitrogens with zero attached hydrogens (tertiary/aromatic N) is 4. The van der Waals surface area contributed by atoms with Crippen LogP contribution < -0.4 is 11.1 Å². The van der Waals surface area contributed by atoms with E-state index in [2.05, 4.69) is 21.5 Å². The Balaban J connectivity index is 1.60. The molecule has 0 spiro atoms. The van der Waals surface area contributed by atoms with Crippen LogP contribution in [0.2, 0.25) is 0 Å². The van der Waals surface area contributed by atoms with Gasteiger partial charge in [-0.1, -0.05) is 30.3 Å². The third-order valence-corrected chi connectivity index (χ3v) is 4.84. The summed E-state index contributed by atoms with van der Waals surface area (Å²) in [7, 11) is 0. The number of carbonyl (C=O) groups is 2. The number of amides is 2. The van der Waals surface area contributed by atoms with Gasteiger partial charge in [-0.2, -0.15) is 10.4 Å². The molecule has 8 nitrogen and oxygen atoms in total. The average molecular weight is 410 g/mol. The van der Waals surface area contributed by atoms with E-state index in [1.54, 1.807) is 54.2 Å². The molecule has 8 heteroatoms. The maximum absolute atomic E-state index is 13.0. The van der Waals surface area contributed by atoms with Gasteiger partial charge in [0.25, 0.3) is 11.8 Å². The molecule has 0 radical (unpaired) electrons. The van der Waals surface area contributed by atoms with Gasteiger partial charge >= 0.3 is 0 Å². The van der Waals surface area contributed by atoms with Gasteiger partial charge in [0.05, 0.1) is 40.6 Å². The van der Waals surface area contributed by atoms with Crippen LogP contribution in [0.15, 0.2) is 60.8 Å². The number of aromatic nitrogens is 3. The SMILES string of the molecule is Cc1nn(Cc2ccc(C#N)cc2)cc1NC(=O)c1cc(C(N)=O)nc2ccccc12. The lowest BCUT2D eigenvalue weighted by Crippen LogP contribution is -2.17. The number of primary amides is 1. The number of carbonyl (C=O) groups excluding carboxylic acids is 2. The Hall–Kier alpha value is -4.51. The molecule has 0 atom stereocenters. The van der Waals surface area contributed by atoms with E-state index in [1.165, 1.54) is 6.07 Å². The Kier molecular flexibility index (Phi) is 5.16. The van der Waals surface area contributed by atoms with Crippen molar-refractivity contribution in [1.29, 1.82) is 5.26 Å². The van der Waals surface area contributed by atoms with E-state index < -0.39 is 5.91 Å². The smallest absolute Gasteiger partial charge is 0.267 e. The highest BCUT2D eigenvalue weighted by Gasteiger charge is 2.17. The summed E-state index contributed by atoms with van der Waals surface area (Å²) in [5, 5.41) is 16.8. The molecule has 0 bridgehead atoms. The molecule has 0 aliphatic carbocycles. The van der Waals surface area contributed by atoms with Crippen LogP contribution in [0.1, 0.15) is 37.7 Å². The lowest BCUT2D eigenvalue weighted by Gasteiger charge is -2.08. The van der Waals surface area contributed by atoms with Crippen molar-refractivity contribution in [3.8, 4) is 6.07 Å². The third kappa shape index (κ3) is 4.11. The van der Waals surface area contributed by atoms with E-state index in [-0.39, 0.29) is 11.6 Å². The van der Waals surface area contributed by atoms with Crippen molar-refractivity contribution in [2.75, 3.05) is 5.32 Å². The van der Waals surface area contributed by atoms with E-state index in [0.29, 0.717) is 40.0 Å². The molecule has 2 aromatic heterocycles. The highest BCUT2D eigenvalue weighted by Crippen LogP contribution is 2.21. The summed E-state index contributed by atoms with van der Waals surface area (Å²) in [5.41, 5.74) is 8.99. The maximum Gasteiger partial charge on any atom is 0.267 e. The molecule has 2 amide bonds. The van der Waals surface area contributed by atoms with Gasteiger partial charge < -0.3 is 11.1 Å². The second kappa shape index (κ2) is 8.08. The monoisotopic (exact) mass is 410 g/mol. The van der Waals surface area contributed by atoms with Crippen molar-refractivity contribution in [3.05, 3.63) is 88.9 Å². The van der Waals surface area contributed by atoms with Gasteiger partial charge in [0, 0.05) is 11.6 Å². The average Bonchev–Trinajstić information content (AvgIpc) is 3.11. The molecule has 152 valence electrons. The molecule has 0 aliphatic rings. The highest BCUT2D eigenvalue weighted by molar-refractivity contribution is 6.13. The Bertz CT molecular complexity index is 1350. The lowest BCUT2D eigenvalue weighted by molar-refractivity contribution is 0.0996. The molecular weight excluding hydrogens is 392 g/mol. The van der Waals surface area contributed by atoms with Gasteiger partial charge in [-0.05, 0) is 36.8 Å². The number of anilines is 1. The summed E-state index contributed by atoms with van der Waals surface area (Å²) in [6.07, 6.45) is 1.74. The number of fused-ring (bicyclic) bond motifs is 1. The van der Waals surface area contributed by atoms with Gasteiger partial charge in [-0.15, -0.1) is 0 Å². The van der Waals surface area contributed by atoms with E-state index in [9.17, 15) is 9.59 Å². The Morgan fingerprint density at radius 2 is 1.90 bits per heavy atom. The van der Waals surface area contributed by atoms with Crippen molar-refractivity contribution in [3.63, 3.8) is 0 Å². The molecule has 4 rings (SSSR count). The van der Waals surface area contributed by atoms with Gasteiger partial charge in [-0.3, -0.25) is 14.3 Å². The predicted octanol–water partition coefficient (Wildman–Crippen LogP) is 3.01. The first-order chi connectivity index (χ1) is 14.9. The molecule has 3 N–H and O–H groups in total. The molecule has 2 aromatic carbocycles. The number of hydrogen-bond donors (Lipinski definition) is 2. The highest BCUT2D eigenvalue weighted by atomic mass is 16.2. The predicted molar refractivity (Wildman–Crippen MR) is 115 cm³/mol. The van der Waals surface area contributed by atoms with Crippen molar-refractivity contribution in [2.24, 2.45) is 5.73 Å². The number of nitrogens with two attached hydrogens (primary N) is 1. The van der Waals surface area contributed by atoms with E-state index >= 15 is 0 Å². The Morgan fingerprint density at radius 1 is 1.16 bits per heavy atom. The van der Waals surface area contributed by atoms with E-state index in [1.807, 2.05) is 12.1 Å². The van der Waals surface area contributed by atoms with Crippen LogP contribution in [0.4, 0.5) is 5.69 Å². The van der Waals surface area contributed by atoms with Crippen molar-refractivity contribution >= 4 is 28.4 Å². The molecule has 0 aliphatic heterocycles. The van der Waals surface area contributed by atoms with Crippen LogP contribution in [0.3, 0.4) is 0 Å². The molecule has 31 heavy (non-hydrogen) atoms. The van der Waals surface area contributed by atoms with Gasteiger partial charge in [0.1, 0.15) is 5.69 Å². The standard InChI is InChI=1S/C23H18N6O2/c1-14-21(13-29(28-14)12-16-8-6-15(11-24)7-9-16)27-23(31)18-10-20(22(25)30)26-19-5-3-2-4-17(18)19/h2-10,13H,12H2,1H3,(H2,25,30)(H,27,31). The number of benzene rings is 2.